The molecule has 8 nitrogen and oxygen atoms in total. The molecule has 1 aliphatic rings. The number of benzene rings is 1. The maximum atomic E-state index is 12.2. The summed E-state index contributed by atoms with van der Waals surface area (Å²) in [6, 6.07) is 6.32. The normalized spacial score (nSPS) is 20.3. The number of carbonyl (C=O) groups excluding carboxylic acids is 2. The summed E-state index contributed by atoms with van der Waals surface area (Å²) in [7, 11) is 0. The number of likely N-dealkylation sites (tertiary alicyclic amines) is 1. The third-order valence-corrected chi connectivity index (χ3v) is 4.43. The van der Waals surface area contributed by atoms with Crippen LogP contribution in [-0.4, -0.2) is 53.5 Å². The Morgan fingerprint density at radius 1 is 1.31 bits per heavy atom. The lowest BCUT2D eigenvalue weighted by molar-refractivity contribution is -0.147. The Balaban J connectivity index is 1.82. The number of rotatable bonds is 8. The van der Waals surface area contributed by atoms with Crippen LogP contribution in [0.5, 0.6) is 5.75 Å². The fourth-order valence-electron chi connectivity index (χ4n) is 3.15. The summed E-state index contributed by atoms with van der Waals surface area (Å²) in [4.78, 5) is 36.0. The van der Waals surface area contributed by atoms with Gasteiger partial charge in [0.25, 0.3) is 5.91 Å². The fraction of sp³-hybridized carbons (Fsp3) is 0.500. The minimum Gasteiger partial charge on any atom is -0.484 e. The Morgan fingerprint density at radius 3 is 2.62 bits per heavy atom. The van der Waals surface area contributed by atoms with Gasteiger partial charge in [0, 0.05) is 6.54 Å². The Hall–Kier alpha value is -2.61. The van der Waals surface area contributed by atoms with Crippen LogP contribution in [0, 0.1) is 5.92 Å². The van der Waals surface area contributed by atoms with Crippen molar-refractivity contribution in [1.82, 2.24) is 10.2 Å². The summed E-state index contributed by atoms with van der Waals surface area (Å²) in [6.45, 7) is 2.73. The van der Waals surface area contributed by atoms with Gasteiger partial charge in [-0.25, -0.2) is 0 Å². The highest BCUT2D eigenvalue weighted by atomic mass is 16.5. The van der Waals surface area contributed by atoms with E-state index in [4.69, 9.17) is 10.5 Å². The van der Waals surface area contributed by atoms with Gasteiger partial charge in [0.15, 0.2) is 6.61 Å². The van der Waals surface area contributed by atoms with E-state index in [2.05, 4.69) is 5.32 Å². The largest absolute Gasteiger partial charge is 0.484 e. The van der Waals surface area contributed by atoms with Crippen LogP contribution < -0.4 is 15.8 Å². The third kappa shape index (κ3) is 5.73. The molecule has 0 bridgehead atoms. The van der Waals surface area contributed by atoms with E-state index in [1.807, 2.05) is 6.92 Å². The molecule has 0 radical (unpaired) electrons. The van der Waals surface area contributed by atoms with Crippen LogP contribution in [0.1, 0.15) is 25.3 Å². The fourth-order valence-corrected chi connectivity index (χ4v) is 3.15. The maximum Gasteiger partial charge on any atom is 0.321 e. The Morgan fingerprint density at radius 2 is 2.00 bits per heavy atom. The monoisotopic (exact) mass is 363 g/mol. The second-order valence-corrected chi connectivity index (χ2v) is 6.55. The summed E-state index contributed by atoms with van der Waals surface area (Å²) in [6.07, 6.45) is 1.75. The number of nitrogens with zero attached hydrogens (tertiary/aromatic N) is 1. The van der Waals surface area contributed by atoms with E-state index in [1.165, 1.54) is 0 Å². The number of hydrogen-bond acceptors (Lipinski definition) is 5. The number of nitrogens with one attached hydrogen (secondary N) is 1. The third-order valence-electron chi connectivity index (χ3n) is 4.43. The summed E-state index contributed by atoms with van der Waals surface area (Å²) in [5.74, 6) is -1.09. The number of hydrogen-bond donors (Lipinski definition) is 3. The number of carboxylic acids is 1. The Kier molecular flexibility index (Phi) is 6.97. The van der Waals surface area contributed by atoms with Crippen molar-refractivity contribution >= 4 is 17.8 Å². The summed E-state index contributed by atoms with van der Waals surface area (Å²) < 4.78 is 5.17. The van der Waals surface area contributed by atoms with Gasteiger partial charge in [-0.2, -0.15) is 0 Å². The van der Waals surface area contributed by atoms with Gasteiger partial charge in [0.1, 0.15) is 11.8 Å². The second-order valence-electron chi connectivity index (χ2n) is 6.55. The molecule has 26 heavy (non-hydrogen) atoms. The van der Waals surface area contributed by atoms with Gasteiger partial charge in [-0.3, -0.25) is 19.3 Å². The van der Waals surface area contributed by atoms with E-state index in [-0.39, 0.29) is 25.0 Å². The van der Waals surface area contributed by atoms with Crippen molar-refractivity contribution in [1.29, 1.82) is 0 Å². The van der Waals surface area contributed by atoms with Crippen molar-refractivity contribution in [3.63, 3.8) is 0 Å². The number of piperidine rings is 1. The summed E-state index contributed by atoms with van der Waals surface area (Å²) in [5.41, 5.74) is 5.88. The van der Waals surface area contributed by atoms with Crippen molar-refractivity contribution in [2.45, 2.75) is 32.4 Å². The van der Waals surface area contributed by atoms with Crippen LogP contribution in [0.25, 0.3) is 0 Å². The topological polar surface area (TPSA) is 122 Å². The molecule has 4 N–H and O–H groups in total. The molecular formula is C18H25N3O5. The van der Waals surface area contributed by atoms with Crippen LogP contribution in [0.4, 0.5) is 0 Å². The number of ether oxygens (including phenoxy) is 1. The van der Waals surface area contributed by atoms with Crippen LogP contribution in [0.3, 0.4) is 0 Å². The quantitative estimate of drug-likeness (QED) is 0.613. The van der Waals surface area contributed by atoms with Crippen molar-refractivity contribution in [3.8, 4) is 5.75 Å². The summed E-state index contributed by atoms with van der Waals surface area (Å²) >= 11 is 0. The molecule has 142 valence electrons. The first-order valence-corrected chi connectivity index (χ1v) is 8.60. The number of carboxylic acid groups (broad SMARTS) is 1. The predicted molar refractivity (Wildman–Crippen MR) is 94.4 cm³/mol. The van der Waals surface area contributed by atoms with E-state index < -0.39 is 17.9 Å². The summed E-state index contributed by atoms with van der Waals surface area (Å²) in [5, 5.41) is 12.2. The molecule has 1 aliphatic heterocycles. The molecule has 0 saturated carbocycles. The molecule has 1 fully saturated rings. The van der Waals surface area contributed by atoms with Gasteiger partial charge >= 0.3 is 5.97 Å². The highest BCUT2D eigenvalue weighted by Crippen LogP contribution is 2.23. The molecule has 1 aromatic carbocycles. The Labute approximate surface area is 152 Å². The molecule has 0 aromatic heterocycles. The first-order chi connectivity index (χ1) is 12.4. The molecule has 1 aromatic rings. The number of nitrogens with two attached hydrogens (primary N) is 1. The average Bonchev–Trinajstić information content (AvgIpc) is 2.58. The van der Waals surface area contributed by atoms with Crippen molar-refractivity contribution in [2.24, 2.45) is 11.7 Å². The van der Waals surface area contributed by atoms with Crippen molar-refractivity contribution < 1.29 is 24.2 Å². The van der Waals surface area contributed by atoms with E-state index in [9.17, 15) is 19.5 Å². The minimum absolute atomic E-state index is 0.0296. The smallest absolute Gasteiger partial charge is 0.321 e. The van der Waals surface area contributed by atoms with E-state index >= 15 is 0 Å². The van der Waals surface area contributed by atoms with Crippen molar-refractivity contribution in [2.75, 3.05) is 19.7 Å². The molecule has 2 atom stereocenters. The standard InChI is InChI=1S/C18H25N3O5/c1-12-3-2-8-21(17(12)18(24)25)10-16(23)20-9-13-4-6-14(7-5-13)26-11-15(19)22/h4-7,12,17H,2-3,8-11H2,1H3,(H2,19,22)(H,20,23)(H,24,25). The van der Waals surface area contributed by atoms with Gasteiger partial charge in [-0.05, 0) is 43.0 Å². The molecule has 2 unspecified atom stereocenters. The maximum absolute atomic E-state index is 12.2. The van der Waals surface area contributed by atoms with Crippen LogP contribution in [-0.2, 0) is 20.9 Å². The zero-order valence-electron chi connectivity index (χ0n) is 14.8. The van der Waals surface area contributed by atoms with Gasteiger partial charge in [0.2, 0.25) is 5.91 Å². The lowest BCUT2D eigenvalue weighted by atomic mass is 9.91. The predicted octanol–water partition coefficient (Wildman–Crippen LogP) is 0.352. The van der Waals surface area contributed by atoms with Gasteiger partial charge in [0.05, 0.1) is 6.54 Å². The highest BCUT2D eigenvalue weighted by Gasteiger charge is 2.34. The first-order valence-electron chi connectivity index (χ1n) is 8.60. The lowest BCUT2D eigenvalue weighted by Gasteiger charge is -2.36. The van der Waals surface area contributed by atoms with Crippen LogP contribution >= 0.6 is 0 Å². The number of amides is 2. The lowest BCUT2D eigenvalue weighted by Crippen LogP contribution is -2.52. The molecule has 0 spiro atoms. The molecule has 8 heteroatoms. The molecular weight excluding hydrogens is 338 g/mol. The number of primary amides is 1. The zero-order valence-corrected chi connectivity index (χ0v) is 14.8. The SMILES string of the molecule is CC1CCCN(CC(=O)NCc2ccc(OCC(N)=O)cc2)C1C(=O)O. The molecule has 2 rings (SSSR count). The Bertz CT molecular complexity index is 647. The first kappa shape index (κ1) is 19.7. The minimum atomic E-state index is -0.878. The average molecular weight is 363 g/mol. The van der Waals surface area contributed by atoms with Gasteiger partial charge in [-0.1, -0.05) is 19.1 Å². The van der Waals surface area contributed by atoms with Gasteiger partial charge in [-0.15, -0.1) is 0 Å². The second kappa shape index (κ2) is 9.19. The molecule has 1 heterocycles. The van der Waals surface area contributed by atoms with Crippen LogP contribution in [0.15, 0.2) is 24.3 Å². The zero-order chi connectivity index (χ0) is 19.1. The van der Waals surface area contributed by atoms with E-state index in [0.717, 1.165) is 18.4 Å². The van der Waals surface area contributed by atoms with Crippen LogP contribution in [0.2, 0.25) is 0 Å². The van der Waals surface area contributed by atoms with E-state index in [1.54, 1.807) is 29.2 Å². The number of carbonyl (C=O) groups is 3. The number of aliphatic carboxylic acids is 1. The molecule has 1 saturated heterocycles. The van der Waals surface area contributed by atoms with Crippen molar-refractivity contribution in [3.05, 3.63) is 29.8 Å². The van der Waals surface area contributed by atoms with E-state index in [0.29, 0.717) is 18.8 Å². The van der Waals surface area contributed by atoms with Gasteiger partial charge < -0.3 is 20.9 Å². The molecule has 2 amide bonds. The molecule has 0 aliphatic carbocycles. The highest BCUT2D eigenvalue weighted by molar-refractivity contribution is 5.80.